The number of amides is 1. The molecular formula is C24H30ClN3O3S. The summed E-state index contributed by atoms with van der Waals surface area (Å²) in [7, 11) is 3.28. The summed E-state index contributed by atoms with van der Waals surface area (Å²) in [4.78, 5) is 13.6. The molecule has 1 aromatic heterocycles. The number of ether oxygens (including phenoxy) is 2. The van der Waals surface area contributed by atoms with E-state index in [0.717, 1.165) is 38.4 Å². The molecule has 172 valence electrons. The van der Waals surface area contributed by atoms with E-state index in [1.165, 1.54) is 11.5 Å². The Morgan fingerprint density at radius 3 is 2.38 bits per heavy atom. The normalized spacial score (nSPS) is 11.6. The van der Waals surface area contributed by atoms with Crippen molar-refractivity contribution in [2.75, 3.05) is 19.5 Å². The summed E-state index contributed by atoms with van der Waals surface area (Å²) in [5.74, 6) is 1.47. The number of carbonyl (C=O) groups excluding carboxylic acids is 1. The van der Waals surface area contributed by atoms with Gasteiger partial charge in [-0.2, -0.15) is 4.37 Å². The smallest absolute Gasteiger partial charge is 0.282 e. The molecular weight excluding hydrogens is 446 g/mol. The Morgan fingerprint density at radius 1 is 1.06 bits per heavy atom. The molecule has 0 radical (unpaired) electrons. The first-order valence-corrected chi connectivity index (χ1v) is 11.0. The summed E-state index contributed by atoms with van der Waals surface area (Å²) in [5, 5.41) is 2.98. The molecule has 0 aliphatic rings. The van der Waals surface area contributed by atoms with Gasteiger partial charge in [-0.15, -0.1) is 0 Å². The summed E-state index contributed by atoms with van der Waals surface area (Å²) in [6, 6.07) is 9.61. The summed E-state index contributed by atoms with van der Waals surface area (Å²) in [5.41, 5.74) is 9.87. The van der Waals surface area contributed by atoms with E-state index in [1.54, 1.807) is 14.2 Å². The van der Waals surface area contributed by atoms with Crippen LogP contribution >= 0.6 is 11.5 Å². The van der Waals surface area contributed by atoms with E-state index in [4.69, 9.17) is 9.47 Å². The zero-order valence-corrected chi connectivity index (χ0v) is 20.9. The number of quaternary nitrogens is 1. The number of anilines is 1. The van der Waals surface area contributed by atoms with Crippen molar-refractivity contribution >= 4 is 23.1 Å². The first-order valence-electron chi connectivity index (χ1n) is 10.2. The first kappa shape index (κ1) is 25.6. The minimum absolute atomic E-state index is 0. The third-order valence-corrected chi connectivity index (χ3v) is 6.43. The average Bonchev–Trinajstić information content (AvgIpc) is 3.24. The fourth-order valence-corrected chi connectivity index (χ4v) is 4.08. The largest absolute Gasteiger partial charge is 1.00 e. The average molecular weight is 476 g/mol. The van der Waals surface area contributed by atoms with Crippen molar-refractivity contribution in [2.24, 2.45) is 5.92 Å². The van der Waals surface area contributed by atoms with Gasteiger partial charge in [0.15, 0.2) is 6.04 Å². The highest BCUT2D eigenvalue weighted by molar-refractivity contribution is 7.10. The Labute approximate surface area is 199 Å². The summed E-state index contributed by atoms with van der Waals surface area (Å²) in [6.07, 6.45) is 1.85. The van der Waals surface area contributed by atoms with Crippen molar-refractivity contribution in [3.63, 3.8) is 0 Å². The van der Waals surface area contributed by atoms with E-state index in [-0.39, 0.29) is 30.3 Å². The van der Waals surface area contributed by atoms with Crippen LogP contribution in [0.25, 0.3) is 21.6 Å². The predicted octanol–water partition coefficient (Wildman–Crippen LogP) is 1.32. The van der Waals surface area contributed by atoms with Gasteiger partial charge >= 0.3 is 0 Å². The van der Waals surface area contributed by atoms with Gasteiger partial charge in [0, 0.05) is 17.7 Å². The Hall–Kier alpha value is -2.61. The molecule has 0 fully saturated rings. The molecule has 0 spiro atoms. The molecule has 6 nitrogen and oxygen atoms in total. The predicted molar refractivity (Wildman–Crippen MR) is 126 cm³/mol. The van der Waals surface area contributed by atoms with Crippen molar-refractivity contribution in [3.05, 3.63) is 47.7 Å². The van der Waals surface area contributed by atoms with Gasteiger partial charge in [-0.1, -0.05) is 26.0 Å². The lowest BCUT2D eigenvalue weighted by Crippen LogP contribution is -3.00. The number of hydrogen-bond donors (Lipinski definition) is 2. The molecule has 0 saturated carbocycles. The van der Waals surface area contributed by atoms with Gasteiger partial charge in [-0.25, -0.2) is 0 Å². The number of halogens is 1. The number of carbonyl (C=O) groups is 1. The Bertz CT molecular complexity index is 1100. The van der Waals surface area contributed by atoms with Crippen molar-refractivity contribution in [1.82, 2.24) is 4.37 Å². The maximum atomic E-state index is 12.6. The lowest BCUT2D eigenvalue weighted by Gasteiger charge is -2.16. The third kappa shape index (κ3) is 5.23. The zero-order valence-electron chi connectivity index (χ0n) is 19.3. The number of nitrogens with zero attached hydrogens (tertiary/aromatic N) is 1. The van der Waals surface area contributed by atoms with Crippen LogP contribution in [0.2, 0.25) is 0 Å². The van der Waals surface area contributed by atoms with Gasteiger partial charge in [0.2, 0.25) is 0 Å². The van der Waals surface area contributed by atoms with Crippen molar-refractivity contribution in [2.45, 2.75) is 33.7 Å². The number of hydrogen-bond acceptors (Lipinski definition) is 5. The van der Waals surface area contributed by atoms with Gasteiger partial charge in [0.05, 0.1) is 24.8 Å². The Morgan fingerprint density at radius 2 is 1.75 bits per heavy atom. The van der Waals surface area contributed by atoms with Crippen molar-refractivity contribution in [1.29, 1.82) is 0 Å². The van der Waals surface area contributed by atoms with Crippen LogP contribution in [0.3, 0.4) is 0 Å². The first-order chi connectivity index (χ1) is 14.8. The fourth-order valence-electron chi connectivity index (χ4n) is 3.32. The van der Waals surface area contributed by atoms with Gasteiger partial charge in [0.25, 0.3) is 5.91 Å². The van der Waals surface area contributed by atoms with Crippen LogP contribution in [0, 0.1) is 19.8 Å². The highest BCUT2D eigenvalue weighted by atomic mass is 35.5. The number of aromatic nitrogens is 1. The fraction of sp³-hybridized carbons (Fsp3) is 0.333. The molecule has 0 bridgehead atoms. The molecule has 4 N–H and O–H groups in total. The standard InChI is InChI=1S/C24H29N3O3S.ClH/c1-13(2)22(25)24(28)27-19-10-16(7-8-20(19)29-5)18-12-26-31-23(18)17-9-14(3)15(4)21(11-17)30-6;/h7-13,22H,25H2,1-6H3,(H,27,28);1H/t22-;/m0./s1. The highest BCUT2D eigenvalue weighted by Crippen LogP contribution is 2.40. The number of nitrogens with one attached hydrogen (secondary N) is 1. The number of methoxy groups -OCH3 is 2. The lowest BCUT2D eigenvalue weighted by atomic mass is 9.99. The molecule has 0 aliphatic carbocycles. The summed E-state index contributed by atoms with van der Waals surface area (Å²) < 4.78 is 15.5. The van der Waals surface area contributed by atoms with Gasteiger partial charge in [-0.05, 0) is 65.8 Å². The summed E-state index contributed by atoms with van der Waals surface area (Å²) in [6.45, 7) is 8.09. The Kier molecular flexibility index (Phi) is 8.66. The second-order valence-electron chi connectivity index (χ2n) is 7.94. The van der Waals surface area contributed by atoms with E-state index in [1.807, 2.05) is 44.3 Å². The SMILES string of the molecule is COc1ccc(-c2cnsc2-c2cc(C)c(C)c(OC)c2)cc1NC(=O)[C@@H]([NH3+])C(C)C.[Cl-]. The maximum Gasteiger partial charge on any atom is 0.282 e. The maximum absolute atomic E-state index is 12.6. The Balaban J connectivity index is 0.00000363. The second kappa shape index (κ2) is 10.8. The van der Waals surface area contributed by atoms with Gasteiger partial charge in [-0.3, -0.25) is 4.79 Å². The van der Waals surface area contributed by atoms with Crippen LogP contribution in [-0.2, 0) is 4.79 Å². The molecule has 0 aliphatic heterocycles. The monoisotopic (exact) mass is 475 g/mol. The molecule has 32 heavy (non-hydrogen) atoms. The molecule has 2 aromatic carbocycles. The third-order valence-electron chi connectivity index (χ3n) is 5.58. The highest BCUT2D eigenvalue weighted by Gasteiger charge is 2.23. The molecule has 1 amide bonds. The van der Waals surface area contributed by atoms with Crippen molar-refractivity contribution < 1.29 is 32.4 Å². The molecule has 3 aromatic rings. The molecule has 3 rings (SSSR count). The number of benzene rings is 2. The van der Waals surface area contributed by atoms with E-state index < -0.39 is 0 Å². The molecule has 0 unspecified atom stereocenters. The second-order valence-corrected chi connectivity index (χ2v) is 8.75. The molecule has 8 heteroatoms. The van der Waals surface area contributed by atoms with Gasteiger partial charge in [0.1, 0.15) is 11.5 Å². The zero-order chi connectivity index (χ0) is 22.7. The lowest BCUT2D eigenvalue weighted by molar-refractivity contribution is -0.412. The molecule has 0 saturated heterocycles. The van der Waals surface area contributed by atoms with Crippen molar-refractivity contribution in [3.8, 4) is 33.1 Å². The van der Waals surface area contributed by atoms with E-state index in [2.05, 4.69) is 35.3 Å². The molecule has 1 heterocycles. The number of aryl methyl sites for hydroxylation is 1. The van der Waals surface area contributed by atoms with Crippen LogP contribution in [0.5, 0.6) is 11.5 Å². The van der Waals surface area contributed by atoms with Crippen LogP contribution < -0.4 is 32.9 Å². The van der Waals surface area contributed by atoms with E-state index >= 15 is 0 Å². The minimum Gasteiger partial charge on any atom is -1.00 e. The van der Waals surface area contributed by atoms with Gasteiger partial charge < -0.3 is 32.9 Å². The van der Waals surface area contributed by atoms with Crippen LogP contribution in [0.1, 0.15) is 25.0 Å². The summed E-state index contributed by atoms with van der Waals surface area (Å²) >= 11 is 1.44. The van der Waals surface area contributed by atoms with E-state index in [9.17, 15) is 4.79 Å². The quantitative estimate of drug-likeness (QED) is 0.539. The van der Waals surface area contributed by atoms with Crippen LogP contribution in [0.4, 0.5) is 5.69 Å². The topological polar surface area (TPSA) is 88.1 Å². The number of rotatable bonds is 7. The minimum atomic E-state index is -0.352. The van der Waals surface area contributed by atoms with Crippen LogP contribution in [-0.4, -0.2) is 30.5 Å². The van der Waals surface area contributed by atoms with Crippen LogP contribution in [0.15, 0.2) is 36.5 Å². The molecule has 1 atom stereocenters. The van der Waals surface area contributed by atoms with E-state index in [0.29, 0.717) is 11.4 Å².